The Labute approximate surface area is 106 Å². The van der Waals surface area contributed by atoms with E-state index in [1.165, 1.54) is 0 Å². The molecule has 17 heavy (non-hydrogen) atoms. The molecule has 0 saturated carbocycles. The van der Waals surface area contributed by atoms with Gasteiger partial charge in [-0.25, -0.2) is 0 Å². The van der Waals surface area contributed by atoms with E-state index in [0.29, 0.717) is 5.02 Å². The third-order valence-electron chi connectivity index (χ3n) is 2.64. The Hall–Kier alpha value is -1.72. The topological polar surface area (TPSA) is 24.9 Å². The lowest BCUT2D eigenvalue weighted by Crippen LogP contribution is -2.15. The van der Waals surface area contributed by atoms with Crippen molar-refractivity contribution < 1.29 is 0 Å². The van der Waals surface area contributed by atoms with Gasteiger partial charge in [-0.15, -0.1) is 6.42 Å². The summed E-state index contributed by atoms with van der Waals surface area (Å²) in [5.74, 6) is 2.72. The minimum Gasteiger partial charge on any atom is -0.371 e. The van der Waals surface area contributed by atoms with Crippen molar-refractivity contribution in [3.63, 3.8) is 0 Å². The highest BCUT2D eigenvalue weighted by Crippen LogP contribution is 2.25. The Morgan fingerprint density at radius 3 is 3.00 bits per heavy atom. The molecule has 0 aliphatic heterocycles. The fourth-order valence-corrected chi connectivity index (χ4v) is 1.86. The molecule has 2 aromatic rings. The van der Waals surface area contributed by atoms with Gasteiger partial charge in [-0.2, -0.15) is 0 Å². The van der Waals surface area contributed by atoms with E-state index in [4.69, 9.17) is 18.0 Å². The molecule has 0 aliphatic rings. The summed E-state index contributed by atoms with van der Waals surface area (Å²) in [6, 6.07) is 7.62. The molecule has 3 heteroatoms. The van der Waals surface area contributed by atoms with Crippen molar-refractivity contribution in [3.8, 4) is 12.3 Å². The van der Waals surface area contributed by atoms with Crippen molar-refractivity contribution in [2.75, 3.05) is 5.32 Å². The quantitative estimate of drug-likeness (QED) is 0.833. The van der Waals surface area contributed by atoms with Crippen molar-refractivity contribution in [1.82, 2.24) is 4.98 Å². The van der Waals surface area contributed by atoms with Crippen LogP contribution in [0.4, 0.5) is 5.69 Å². The lowest BCUT2D eigenvalue weighted by Gasteiger charge is -2.14. The number of hydrogen-bond acceptors (Lipinski definition) is 2. The molecule has 1 heterocycles. The summed E-state index contributed by atoms with van der Waals surface area (Å²) in [5.41, 5.74) is 1.87. The lowest BCUT2D eigenvalue weighted by atomic mass is 10.1. The number of anilines is 1. The van der Waals surface area contributed by atoms with E-state index in [1.54, 1.807) is 6.20 Å². The maximum absolute atomic E-state index is 5.94. The van der Waals surface area contributed by atoms with Gasteiger partial charge in [-0.3, -0.25) is 4.98 Å². The molecule has 2 rings (SSSR count). The third kappa shape index (κ3) is 2.51. The summed E-state index contributed by atoms with van der Waals surface area (Å²) in [4.78, 5) is 4.29. The summed E-state index contributed by atoms with van der Waals surface area (Å²) in [7, 11) is 0. The molecule has 2 nitrogen and oxygen atoms in total. The number of nitrogens with zero attached hydrogens (tertiary/aromatic N) is 1. The van der Waals surface area contributed by atoms with Gasteiger partial charge in [0.15, 0.2) is 0 Å². The van der Waals surface area contributed by atoms with E-state index in [1.807, 2.05) is 24.3 Å². The van der Waals surface area contributed by atoms with Crippen molar-refractivity contribution in [1.29, 1.82) is 0 Å². The van der Waals surface area contributed by atoms with E-state index >= 15 is 0 Å². The Bertz CT molecular complexity index is 572. The molecule has 86 valence electrons. The van der Waals surface area contributed by atoms with Crippen molar-refractivity contribution in [2.45, 2.75) is 19.4 Å². The van der Waals surface area contributed by atoms with E-state index in [0.717, 1.165) is 23.0 Å². The highest BCUT2D eigenvalue weighted by atomic mass is 35.5. The molecule has 0 fully saturated rings. The first-order valence-electron chi connectivity index (χ1n) is 5.51. The van der Waals surface area contributed by atoms with E-state index in [9.17, 15) is 0 Å². The Morgan fingerprint density at radius 2 is 2.29 bits per heavy atom. The SMILES string of the molecule is C#CC(CC)Nc1ccnc2cc(Cl)ccc12. The van der Waals surface area contributed by atoms with Crippen molar-refractivity contribution in [2.24, 2.45) is 0 Å². The average molecular weight is 245 g/mol. The average Bonchev–Trinajstić information content (AvgIpc) is 2.35. The molecule has 1 N–H and O–H groups in total. The van der Waals surface area contributed by atoms with E-state index in [-0.39, 0.29) is 6.04 Å². The van der Waals surface area contributed by atoms with Gasteiger partial charge in [0.1, 0.15) is 0 Å². The number of aromatic nitrogens is 1. The van der Waals surface area contributed by atoms with E-state index in [2.05, 4.69) is 23.1 Å². The van der Waals surface area contributed by atoms with Crippen LogP contribution in [0.2, 0.25) is 5.02 Å². The summed E-state index contributed by atoms with van der Waals surface area (Å²) in [6.07, 6.45) is 8.09. The van der Waals surface area contributed by atoms with Crippen LogP contribution in [0.3, 0.4) is 0 Å². The normalized spacial score (nSPS) is 12.1. The van der Waals surface area contributed by atoms with Gasteiger partial charge >= 0.3 is 0 Å². The number of hydrogen-bond donors (Lipinski definition) is 1. The summed E-state index contributed by atoms with van der Waals surface area (Å²) in [6.45, 7) is 2.05. The highest BCUT2D eigenvalue weighted by Gasteiger charge is 2.06. The van der Waals surface area contributed by atoms with Gasteiger partial charge in [-0.1, -0.05) is 24.4 Å². The fraction of sp³-hybridized carbons (Fsp3) is 0.214. The van der Waals surface area contributed by atoms with Crippen LogP contribution in [0, 0.1) is 12.3 Å². The molecule has 1 aromatic carbocycles. The van der Waals surface area contributed by atoms with Crippen molar-refractivity contribution >= 4 is 28.2 Å². The number of benzene rings is 1. The summed E-state index contributed by atoms with van der Waals surface area (Å²) < 4.78 is 0. The second-order valence-electron chi connectivity index (χ2n) is 3.79. The predicted molar refractivity (Wildman–Crippen MR) is 73.3 cm³/mol. The molecule has 0 spiro atoms. The van der Waals surface area contributed by atoms with Crippen LogP contribution in [0.25, 0.3) is 10.9 Å². The van der Waals surface area contributed by atoms with Crippen LogP contribution < -0.4 is 5.32 Å². The zero-order valence-electron chi connectivity index (χ0n) is 9.57. The fourth-order valence-electron chi connectivity index (χ4n) is 1.70. The molecule has 0 radical (unpaired) electrons. The molecule has 1 atom stereocenters. The second kappa shape index (κ2) is 5.07. The van der Waals surface area contributed by atoms with Crippen LogP contribution >= 0.6 is 11.6 Å². The van der Waals surface area contributed by atoms with Crippen molar-refractivity contribution in [3.05, 3.63) is 35.5 Å². The maximum Gasteiger partial charge on any atom is 0.0871 e. The van der Waals surface area contributed by atoms with Gasteiger partial charge in [0.2, 0.25) is 0 Å². The minimum absolute atomic E-state index is 0.0382. The number of halogens is 1. The van der Waals surface area contributed by atoms with Crippen LogP contribution in [0.15, 0.2) is 30.5 Å². The molecule has 0 amide bonds. The van der Waals surface area contributed by atoms with Crippen LogP contribution in [0.5, 0.6) is 0 Å². The zero-order chi connectivity index (χ0) is 12.3. The van der Waals surface area contributed by atoms with Gasteiger partial charge in [-0.05, 0) is 30.7 Å². The first-order valence-corrected chi connectivity index (χ1v) is 5.89. The second-order valence-corrected chi connectivity index (χ2v) is 4.23. The smallest absolute Gasteiger partial charge is 0.0871 e. The summed E-state index contributed by atoms with van der Waals surface area (Å²) >= 11 is 5.94. The van der Waals surface area contributed by atoms with E-state index < -0.39 is 0 Å². The molecular weight excluding hydrogens is 232 g/mol. The first kappa shape index (κ1) is 11.8. The van der Waals surface area contributed by atoms with Crippen LogP contribution in [-0.2, 0) is 0 Å². The molecule has 0 aliphatic carbocycles. The molecule has 0 bridgehead atoms. The largest absolute Gasteiger partial charge is 0.371 e. The van der Waals surface area contributed by atoms with Gasteiger partial charge in [0.25, 0.3) is 0 Å². The Morgan fingerprint density at radius 1 is 1.47 bits per heavy atom. The minimum atomic E-state index is 0.0382. The number of nitrogens with one attached hydrogen (secondary N) is 1. The highest BCUT2D eigenvalue weighted by molar-refractivity contribution is 6.31. The monoisotopic (exact) mass is 244 g/mol. The standard InChI is InChI=1S/C14H13ClN2/c1-3-11(4-2)17-13-7-8-16-14-9-10(15)5-6-12(13)14/h1,5-9,11H,4H2,2H3,(H,16,17). The van der Waals surface area contributed by atoms with Gasteiger partial charge in [0, 0.05) is 22.3 Å². The lowest BCUT2D eigenvalue weighted by molar-refractivity contribution is 0.859. The molecule has 1 aromatic heterocycles. The molecule has 1 unspecified atom stereocenters. The number of pyridine rings is 1. The van der Waals surface area contributed by atoms with Crippen LogP contribution in [0.1, 0.15) is 13.3 Å². The Kier molecular flexibility index (Phi) is 3.51. The van der Waals surface area contributed by atoms with Gasteiger partial charge < -0.3 is 5.32 Å². The number of fused-ring (bicyclic) bond motifs is 1. The molecule has 0 saturated heterocycles. The maximum atomic E-state index is 5.94. The molecular formula is C14H13ClN2. The third-order valence-corrected chi connectivity index (χ3v) is 2.88. The van der Waals surface area contributed by atoms with Crippen LogP contribution in [-0.4, -0.2) is 11.0 Å². The number of rotatable bonds is 3. The zero-order valence-corrected chi connectivity index (χ0v) is 10.3. The van der Waals surface area contributed by atoms with Gasteiger partial charge in [0.05, 0.1) is 11.6 Å². The number of terminal acetylenes is 1. The Balaban J connectivity index is 2.44. The predicted octanol–water partition coefficient (Wildman–Crippen LogP) is 3.71. The first-order chi connectivity index (χ1) is 8.24. The summed E-state index contributed by atoms with van der Waals surface area (Å²) in [5, 5.41) is 5.04.